The molecule has 6 heteroatoms. The first-order chi connectivity index (χ1) is 8.36. The number of carbonyl (C=O) groups is 2. The highest BCUT2D eigenvalue weighted by Gasteiger charge is 2.11. The standard InChI is InChI=1S/C10H13NO3.C2H4O2/c1-7(10(12)13)14-9-4-2-8(6-11)3-5-9;1-2(3)4/h2-5,7H,6,11H2,1H3,(H,12,13);1H3,(H,3,4). The zero-order valence-electron chi connectivity index (χ0n) is 10.3. The molecule has 0 aliphatic carbocycles. The lowest BCUT2D eigenvalue weighted by molar-refractivity contribution is -0.144. The van der Waals surface area contributed by atoms with Crippen LogP contribution >= 0.6 is 0 Å². The second kappa shape index (κ2) is 8.08. The maximum atomic E-state index is 10.5. The quantitative estimate of drug-likeness (QED) is 0.742. The van der Waals surface area contributed by atoms with Crippen LogP contribution in [0.4, 0.5) is 0 Å². The van der Waals surface area contributed by atoms with E-state index in [0.717, 1.165) is 12.5 Å². The van der Waals surface area contributed by atoms with Gasteiger partial charge in [0.1, 0.15) is 5.75 Å². The van der Waals surface area contributed by atoms with E-state index in [0.29, 0.717) is 12.3 Å². The van der Waals surface area contributed by atoms with Crippen molar-refractivity contribution in [2.75, 3.05) is 0 Å². The van der Waals surface area contributed by atoms with Gasteiger partial charge in [0.2, 0.25) is 0 Å². The van der Waals surface area contributed by atoms with Crippen molar-refractivity contribution in [3.63, 3.8) is 0 Å². The van der Waals surface area contributed by atoms with Gasteiger partial charge in [0.05, 0.1) is 0 Å². The highest BCUT2D eigenvalue weighted by molar-refractivity contribution is 5.72. The lowest BCUT2D eigenvalue weighted by Crippen LogP contribution is -2.22. The van der Waals surface area contributed by atoms with E-state index in [9.17, 15) is 4.79 Å². The van der Waals surface area contributed by atoms with Crippen LogP contribution in [0.15, 0.2) is 24.3 Å². The Balaban J connectivity index is 0.000000631. The molecule has 100 valence electrons. The molecule has 0 aliphatic heterocycles. The van der Waals surface area contributed by atoms with Crippen LogP contribution in [0.25, 0.3) is 0 Å². The van der Waals surface area contributed by atoms with E-state index in [-0.39, 0.29) is 0 Å². The fourth-order valence-corrected chi connectivity index (χ4v) is 0.959. The molecule has 0 amide bonds. The molecule has 0 spiro atoms. The molecular weight excluding hydrogens is 238 g/mol. The maximum absolute atomic E-state index is 10.5. The number of hydrogen-bond donors (Lipinski definition) is 3. The Bertz CT molecular complexity index is 384. The molecule has 0 fully saturated rings. The van der Waals surface area contributed by atoms with Crippen LogP contribution in [-0.4, -0.2) is 28.3 Å². The Kier molecular flexibility index (Phi) is 7.14. The summed E-state index contributed by atoms with van der Waals surface area (Å²) in [6.45, 7) is 3.04. The number of rotatable bonds is 4. The van der Waals surface area contributed by atoms with E-state index in [4.69, 9.17) is 25.5 Å². The molecule has 0 saturated heterocycles. The van der Waals surface area contributed by atoms with E-state index < -0.39 is 18.0 Å². The van der Waals surface area contributed by atoms with Crippen molar-refractivity contribution in [1.29, 1.82) is 0 Å². The third-order valence-corrected chi connectivity index (χ3v) is 1.82. The minimum Gasteiger partial charge on any atom is -0.481 e. The van der Waals surface area contributed by atoms with Crippen LogP contribution < -0.4 is 10.5 Å². The van der Waals surface area contributed by atoms with Gasteiger partial charge in [0.25, 0.3) is 5.97 Å². The van der Waals surface area contributed by atoms with Gasteiger partial charge in [-0.15, -0.1) is 0 Å². The highest BCUT2D eigenvalue weighted by atomic mass is 16.5. The first-order valence-corrected chi connectivity index (χ1v) is 5.24. The molecule has 0 saturated carbocycles. The second-order valence-electron chi connectivity index (χ2n) is 3.47. The van der Waals surface area contributed by atoms with Crippen molar-refractivity contribution in [2.45, 2.75) is 26.5 Å². The van der Waals surface area contributed by atoms with E-state index in [1.165, 1.54) is 6.92 Å². The average molecular weight is 255 g/mol. The van der Waals surface area contributed by atoms with Gasteiger partial charge >= 0.3 is 5.97 Å². The van der Waals surface area contributed by atoms with Crippen molar-refractivity contribution in [3.8, 4) is 5.75 Å². The fraction of sp³-hybridized carbons (Fsp3) is 0.333. The van der Waals surface area contributed by atoms with Crippen molar-refractivity contribution in [1.82, 2.24) is 0 Å². The first-order valence-electron chi connectivity index (χ1n) is 5.24. The smallest absolute Gasteiger partial charge is 0.344 e. The summed E-state index contributed by atoms with van der Waals surface area (Å²) in [7, 11) is 0. The van der Waals surface area contributed by atoms with Crippen molar-refractivity contribution in [2.24, 2.45) is 5.73 Å². The summed E-state index contributed by atoms with van der Waals surface area (Å²) in [5.74, 6) is -1.27. The average Bonchev–Trinajstić information content (AvgIpc) is 2.29. The molecule has 1 aromatic carbocycles. The zero-order valence-corrected chi connectivity index (χ0v) is 10.3. The van der Waals surface area contributed by atoms with Gasteiger partial charge in [-0.05, 0) is 24.6 Å². The Morgan fingerprint density at radius 2 is 1.72 bits per heavy atom. The molecule has 1 rings (SSSR count). The molecule has 18 heavy (non-hydrogen) atoms. The van der Waals surface area contributed by atoms with Gasteiger partial charge in [0, 0.05) is 13.5 Å². The maximum Gasteiger partial charge on any atom is 0.344 e. The number of nitrogens with two attached hydrogens (primary N) is 1. The van der Waals surface area contributed by atoms with Crippen LogP contribution in [0.3, 0.4) is 0 Å². The summed E-state index contributed by atoms with van der Waals surface area (Å²) in [5, 5.41) is 16.0. The Hall–Kier alpha value is -2.08. The molecule has 6 nitrogen and oxygen atoms in total. The topological polar surface area (TPSA) is 110 Å². The molecule has 0 radical (unpaired) electrons. The normalized spacial score (nSPS) is 10.8. The molecule has 0 heterocycles. The Morgan fingerprint density at radius 1 is 1.28 bits per heavy atom. The molecule has 4 N–H and O–H groups in total. The van der Waals surface area contributed by atoms with Gasteiger partial charge < -0.3 is 20.7 Å². The van der Waals surface area contributed by atoms with Crippen LogP contribution in [0.1, 0.15) is 19.4 Å². The van der Waals surface area contributed by atoms with Crippen LogP contribution in [0, 0.1) is 0 Å². The second-order valence-corrected chi connectivity index (χ2v) is 3.47. The van der Waals surface area contributed by atoms with Crippen LogP contribution in [0.2, 0.25) is 0 Å². The summed E-state index contributed by atoms with van der Waals surface area (Å²) < 4.78 is 5.13. The van der Waals surface area contributed by atoms with E-state index in [2.05, 4.69) is 0 Å². The molecule has 1 unspecified atom stereocenters. The lowest BCUT2D eigenvalue weighted by atomic mass is 10.2. The number of ether oxygens (including phenoxy) is 1. The molecule has 1 aromatic rings. The van der Waals surface area contributed by atoms with E-state index >= 15 is 0 Å². The van der Waals surface area contributed by atoms with Gasteiger partial charge in [0.15, 0.2) is 6.10 Å². The third-order valence-electron chi connectivity index (χ3n) is 1.82. The number of carboxylic acid groups (broad SMARTS) is 2. The molecular formula is C12H17NO5. The van der Waals surface area contributed by atoms with Crippen LogP contribution in [0.5, 0.6) is 5.75 Å². The molecule has 0 bridgehead atoms. The van der Waals surface area contributed by atoms with E-state index in [1.54, 1.807) is 12.1 Å². The fourth-order valence-electron chi connectivity index (χ4n) is 0.959. The number of carboxylic acids is 2. The molecule has 0 aliphatic rings. The third kappa shape index (κ3) is 7.24. The number of aliphatic carboxylic acids is 2. The molecule has 0 aromatic heterocycles. The molecule has 1 atom stereocenters. The predicted octanol–water partition coefficient (Wildman–Crippen LogP) is 1.09. The van der Waals surface area contributed by atoms with Crippen molar-refractivity contribution < 1.29 is 24.5 Å². The van der Waals surface area contributed by atoms with Gasteiger partial charge in [-0.2, -0.15) is 0 Å². The number of benzene rings is 1. The SMILES string of the molecule is CC(=O)O.CC(Oc1ccc(CN)cc1)C(=O)O. The van der Waals surface area contributed by atoms with Crippen molar-refractivity contribution in [3.05, 3.63) is 29.8 Å². The minimum absolute atomic E-state index is 0.467. The van der Waals surface area contributed by atoms with Gasteiger partial charge in [-0.3, -0.25) is 4.79 Å². The van der Waals surface area contributed by atoms with E-state index in [1.807, 2.05) is 12.1 Å². The monoisotopic (exact) mass is 255 g/mol. The van der Waals surface area contributed by atoms with Crippen LogP contribution in [-0.2, 0) is 16.1 Å². The summed E-state index contributed by atoms with van der Waals surface area (Å²) >= 11 is 0. The largest absolute Gasteiger partial charge is 0.481 e. The van der Waals surface area contributed by atoms with Gasteiger partial charge in [-0.25, -0.2) is 4.79 Å². The Morgan fingerprint density at radius 3 is 2.06 bits per heavy atom. The van der Waals surface area contributed by atoms with Crippen molar-refractivity contribution >= 4 is 11.9 Å². The summed E-state index contributed by atoms with van der Waals surface area (Å²) in [5.41, 5.74) is 6.40. The minimum atomic E-state index is -0.979. The first kappa shape index (κ1) is 15.9. The summed E-state index contributed by atoms with van der Waals surface area (Å²) in [4.78, 5) is 19.5. The predicted molar refractivity (Wildman–Crippen MR) is 65.4 cm³/mol. The number of hydrogen-bond acceptors (Lipinski definition) is 4. The highest BCUT2D eigenvalue weighted by Crippen LogP contribution is 2.13. The summed E-state index contributed by atoms with van der Waals surface area (Å²) in [6.07, 6.45) is -0.835. The zero-order chi connectivity index (χ0) is 14.1. The van der Waals surface area contributed by atoms with Gasteiger partial charge in [-0.1, -0.05) is 12.1 Å². The summed E-state index contributed by atoms with van der Waals surface area (Å²) in [6, 6.07) is 7.04. The Labute approximate surface area is 105 Å². The lowest BCUT2D eigenvalue weighted by Gasteiger charge is -2.10.